The van der Waals surface area contributed by atoms with Gasteiger partial charge in [-0.25, -0.2) is 18.1 Å². The van der Waals surface area contributed by atoms with E-state index in [2.05, 4.69) is 19.9 Å². The Morgan fingerprint density at radius 2 is 2.03 bits per heavy atom. The highest BCUT2D eigenvalue weighted by molar-refractivity contribution is 7.92. The standard InChI is InChI=1S/C19H25ClN6O3S/c1-25(2)9-5-8-21-19-14-12-22-18(20)11-16(14)26(23-19)15-7-6-13(10-17(15)29-3)24-30(4,27)28/h6-7,10-12,24H,5,8-9H2,1-4H3,(H,21,23). The first kappa shape index (κ1) is 22.1. The van der Waals surface area contributed by atoms with Crippen molar-refractivity contribution in [1.82, 2.24) is 19.7 Å². The van der Waals surface area contributed by atoms with Crippen molar-refractivity contribution in [3.05, 3.63) is 35.6 Å². The van der Waals surface area contributed by atoms with Gasteiger partial charge >= 0.3 is 0 Å². The molecular weight excluding hydrogens is 428 g/mol. The van der Waals surface area contributed by atoms with Gasteiger partial charge in [0.2, 0.25) is 10.0 Å². The van der Waals surface area contributed by atoms with Gasteiger partial charge in [-0.1, -0.05) is 11.6 Å². The second-order valence-electron chi connectivity index (χ2n) is 7.13. The van der Waals surface area contributed by atoms with Crippen molar-refractivity contribution in [2.24, 2.45) is 0 Å². The number of hydrogen-bond donors (Lipinski definition) is 2. The second kappa shape index (κ2) is 9.07. The van der Waals surface area contributed by atoms with Gasteiger partial charge in [-0.05, 0) is 39.2 Å². The van der Waals surface area contributed by atoms with E-state index in [1.54, 1.807) is 35.1 Å². The Morgan fingerprint density at radius 3 is 2.70 bits per heavy atom. The van der Waals surface area contributed by atoms with Crippen molar-refractivity contribution < 1.29 is 13.2 Å². The number of aromatic nitrogens is 3. The molecule has 0 saturated carbocycles. The summed E-state index contributed by atoms with van der Waals surface area (Å²) in [7, 11) is 2.18. The summed E-state index contributed by atoms with van der Waals surface area (Å²) in [5.74, 6) is 1.15. The number of rotatable bonds is 9. The van der Waals surface area contributed by atoms with Crippen molar-refractivity contribution in [3.8, 4) is 11.4 Å². The summed E-state index contributed by atoms with van der Waals surface area (Å²) in [6.07, 6.45) is 3.73. The van der Waals surface area contributed by atoms with Gasteiger partial charge < -0.3 is 15.0 Å². The molecule has 9 nitrogen and oxygen atoms in total. The van der Waals surface area contributed by atoms with Crippen LogP contribution in [0.25, 0.3) is 16.6 Å². The fraction of sp³-hybridized carbons (Fsp3) is 0.368. The number of anilines is 2. The van der Waals surface area contributed by atoms with Gasteiger partial charge in [0, 0.05) is 24.9 Å². The van der Waals surface area contributed by atoms with Gasteiger partial charge in [0.25, 0.3) is 0 Å². The third kappa shape index (κ3) is 5.32. The molecule has 1 aromatic carbocycles. The first-order valence-corrected chi connectivity index (χ1v) is 11.5. The second-order valence-corrected chi connectivity index (χ2v) is 9.26. The minimum Gasteiger partial charge on any atom is -0.494 e. The molecule has 162 valence electrons. The zero-order valence-electron chi connectivity index (χ0n) is 17.3. The zero-order valence-corrected chi connectivity index (χ0v) is 18.9. The Balaban J connectivity index is 2.01. The van der Waals surface area contributed by atoms with E-state index < -0.39 is 10.0 Å². The summed E-state index contributed by atoms with van der Waals surface area (Å²) in [6.45, 7) is 1.71. The first-order chi connectivity index (χ1) is 14.2. The molecule has 0 spiro atoms. The Bertz CT molecular complexity index is 1150. The molecule has 30 heavy (non-hydrogen) atoms. The maximum atomic E-state index is 11.5. The number of pyridine rings is 1. The van der Waals surface area contributed by atoms with Crippen LogP contribution in [0.5, 0.6) is 5.75 Å². The minimum absolute atomic E-state index is 0.345. The SMILES string of the molecule is COc1cc(NS(C)(=O)=O)ccc1-n1nc(NCCCN(C)C)c2cnc(Cl)cc21. The molecular formula is C19H25ClN6O3S. The van der Waals surface area contributed by atoms with Gasteiger partial charge in [0.15, 0.2) is 5.82 Å². The van der Waals surface area contributed by atoms with E-state index in [0.29, 0.717) is 28.1 Å². The average molecular weight is 453 g/mol. The van der Waals surface area contributed by atoms with Gasteiger partial charge in [-0.3, -0.25) is 4.72 Å². The van der Waals surface area contributed by atoms with Crippen LogP contribution in [0.3, 0.4) is 0 Å². The smallest absolute Gasteiger partial charge is 0.229 e. The third-order valence-corrected chi connectivity index (χ3v) is 5.13. The molecule has 2 heterocycles. The molecule has 0 aliphatic heterocycles. The summed E-state index contributed by atoms with van der Waals surface area (Å²) in [5, 5.41) is 9.23. The maximum absolute atomic E-state index is 11.5. The van der Waals surface area contributed by atoms with Gasteiger partial charge in [-0.15, -0.1) is 5.10 Å². The Labute approximate surface area is 181 Å². The molecule has 2 N–H and O–H groups in total. The molecule has 0 radical (unpaired) electrons. The van der Waals surface area contributed by atoms with Crippen molar-refractivity contribution >= 4 is 44.0 Å². The number of methoxy groups -OCH3 is 1. The molecule has 11 heteroatoms. The molecule has 0 bridgehead atoms. The number of sulfonamides is 1. The van der Waals surface area contributed by atoms with E-state index in [4.69, 9.17) is 21.4 Å². The van der Waals surface area contributed by atoms with E-state index >= 15 is 0 Å². The largest absolute Gasteiger partial charge is 0.494 e. The molecule has 0 unspecified atom stereocenters. The van der Waals surface area contributed by atoms with Crippen molar-refractivity contribution in [2.75, 3.05) is 50.6 Å². The summed E-state index contributed by atoms with van der Waals surface area (Å²) in [6, 6.07) is 6.73. The molecule has 2 aromatic heterocycles. The topological polar surface area (TPSA) is 101 Å². The molecule has 0 atom stereocenters. The van der Waals surface area contributed by atoms with E-state index in [1.807, 2.05) is 14.1 Å². The zero-order chi connectivity index (χ0) is 21.9. The molecule has 3 aromatic rings. The van der Waals surface area contributed by atoms with Crippen LogP contribution in [-0.2, 0) is 10.0 Å². The first-order valence-electron chi connectivity index (χ1n) is 9.27. The number of benzene rings is 1. The fourth-order valence-corrected chi connectivity index (χ4v) is 3.74. The van der Waals surface area contributed by atoms with Crippen LogP contribution >= 0.6 is 11.6 Å². The lowest BCUT2D eigenvalue weighted by Crippen LogP contribution is -2.16. The van der Waals surface area contributed by atoms with E-state index in [9.17, 15) is 8.42 Å². The fourth-order valence-electron chi connectivity index (χ4n) is 3.03. The molecule has 0 aliphatic rings. The Kier molecular flexibility index (Phi) is 6.69. The number of nitrogens with one attached hydrogen (secondary N) is 2. The summed E-state index contributed by atoms with van der Waals surface area (Å²) < 4.78 is 32.7. The lowest BCUT2D eigenvalue weighted by Gasteiger charge is -2.12. The Hall–Kier alpha value is -2.56. The summed E-state index contributed by atoms with van der Waals surface area (Å²) in [5.41, 5.74) is 1.80. The third-order valence-electron chi connectivity index (χ3n) is 4.32. The molecule has 3 rings (SSSR count). The van der Waals surface area contributed by atoms with Gasteiger partial charge in [0.1, 0.15) is 16.6 Å². The molecule has 0 aliphatic carbocycles. The normalized spacial score (nSPS) is 11.8. The number of hydrogen-bond acceptors (Lipinski definition) is 7. The van der Waals surface area contributed by atoms with Crippen LogP contribution < -0.4 is 14.8 Å². The van der Waals surface area contributed by atoms with E-state index in [-0.39, 0.29) is 0 Å². The van der Waals surface area contributed by atoms with Gasteiger partial charge in [-0.2, -0.15) is 0 Å². The molecule has 0 amide bonds. The number of fused-ring (bicyclic) bond motifs is 1. The highest BCUT2D eigenvalue weighted by Crippen LogP contribution is 2.32. The van der Waals surface area contributed by atoms with Crippen LogP contribution in [0.1, 0.15) is 6.42 Å². The highest BCUT2D eigenvalue weighted by atomic mass is 35.5. The predicted octanol–water partition coefficient (Wildman–Crippen LogP) is 2.82. The van der Waals surface area contributed by atoms with Crippen LogP contribution in [0.4, 0.5) is 11.5 Å². The van der Waals surface area contributed by atoms with Crippen LogP contribution in [0.15, 0.2) is 30.5 Å². The molecule has 0 saturated heterocycles. The summed E-state index contributed by atoms with van der Waals surface area (Å²) in [4.78, 5) is 6.31. The monoisotopic (exact) mass is 452 g/mol. The van der Waals surface area contributed by atoms with Crippen molar-refractivity contribution in [2.45, 2.75) is 6.42 Å². The van der Waals surface area contributed by atoms with Crippen LogP contribution in [0, 0.1) is 0 Å². The molecule has 0 fully saturated rings. The van der Waals surface area contributed by atoms with Crippen molar-refractivity contribution in [1.29, 1.82) is 0 Å². The van der Waals surface area contributed by atoms with E-state index in [1.165, 1.54) is 7.11 Å². The van der Waals surface area contributed by atoms with Crippen LogP contribution in [0.2, 0.25) is 5.15 Å². The van der Waals surface area contributed by atoms with Crippen LogP contribution in [-0.4, -0.2) is 68.6 Å². The number of ether oxygens (including phenoxy) is 1. The average Bonchev–Trinajstić information content (AvgIpc) is 3.01. The lowest BCUT2D eigenvalue weighted by atomic mass is 10.2. The maximum Gasteiger partial charge on any atom is 0.229 e. The van der Waals surface area contributed by atoms with E-state index in [0.717, 1.165) is 36.7 Å². The predicted molar refractivity (Wildman–Crippen MR) is 121 cm³/mol. The number of halogens is 1. The van der Waals surface area contributed by atoms with Crippen molar-refractivity contribution in [3.63, 3.8) is 0 Å². The number of nitrogens with zero attached hydrogens (tertiary/aromatic N) is 4. The highest BCUT2D eigenvalue weighted by Gasteiger charge is 2.17. The van der Waals surface area contributed by atoms with Gasteiger partial charge in [0.05, 0.1) is 30.0 Å². The lowest BCUT2D eigenvalue weighted by molar-refractivity contribution is 0.405. The summed E-state index contributed by atoms with van der Waals surface area (Å²) >= 11 is 6.13. The minimum atomic E-state index is -3.40. The quantitative estimate of drug-likeness (QED) is 0.380. The Morgan fingerprint density at radius 1 is 1.27 bits per heavy atom.